The molecule has 9 heteroatoms. The smallest absolute Gasteiger partial charge is 0.179 e. The fourth-order valence-corrected chi connectivity index (χ4v) is 4.92. The van der Waals surface area contributed by atoms with Crippen molar-refractivity contribution in [1.29, 1.82) is 0 Å². The number of ether oxygens (including phenoxy) is 1. The van der Waals surface area contributed by atoms with E-state index in [0.717, 1.165) is 47.8 Å². The molecule has 5 heterocycles. The molecule has 0 aliphatic carbocycles. The summed E-state index contributed by atoms with van der Waals surface area (Å²) in [5.74, 6) is 1.18. The van der Waals surface area contributed by atoms with Crippen LogP contribution in [-0.2, 0) is 33.0 Å². The number of nitrogens with one attached hydrogen (secondary N) is 1. The van der Waals surface area contributed by atoms with E-state index >= 15 is 0 Å². The van der Waals surface area contributed by atoms with Crippen LogP contribution in [0.1, 0.15) is 34.4 Å². The van der Waals surface area contributed by atoms with Crippen LogP contribution in [-0.4, -0.2) is 31.4 Å². The van der Waals surface area contributed by atoms with E-state index in [1.807, 2.05) is 23.9 Å². The van der Waals surface area contributed by atoms with E-state index in [2.05, 4.69) is 15.3 Å². The van der Waals surface area contributed by atoms with Gasteiger partial charge in [0.1, 0.15) is 41.8 Å². The average Bonchev–Trinajstić information content (AvgIpc) is 3.45. The molecule has 2 N–H and O–H groups in total. The Bertz CT molecular complexity index is 1330. The van der Waals surface area contributed by atoms with Crippen LogP contribution in [0.3, 0.4) is 0 Å². The lowest BCUT2D eigenvalue weighted by atomic mass is 9.99. The van der Waals surface area contributed by atoms with Crippen molar-refractivity contribution in [3.63, 3.8) is 0 Å². The Balaban J connectivity index is 1.47. The van der Waals surface area contributed by atoms with Crippen LogP contribution in [0.2, 0.25) is 5.02 Å². The van der Waals surface area contributed by atoms with Gasteiger partial charge in [-0.15, -0.1) is 0 Å². The van der Waals surface area contributed by atoms with Gasteiger partial charge in [0.25, 0.3) is 0 Å². The van der Waals surface area contributed by atoms with E-state index < -0.39 is 0 Å². The number of aliphatic hydroxyl groups excluding tert-OH is 1. The van der Waals surface area contributed by atoms with Crippen molar-refractivity contribution >= 4 is 22.7 Å². The Labute approximate surface area is 182 Å². The van der Waals surface area contributed by atoms with Gasteiger partial charge in [-0.2, -0.15) is 5.10 Å². The molecule has 0 amide bonds. The van der Waals surface area contributed by atoms with Gasteiger partial charge in [-0.3, -0.25) is 4.68 Å². The van der Waals surface area contributed by atoms with Crippen LogP contribution >= 0.6 is 11.6 Å². The highest BCUT2D eigenvalue weighted by atomic mass is 35.5. The molecule has 0 spiro atoms. The molecular weight excluding hydrogens is 418 g/mol. The largest absolute Gasteiger partial charge is 0.483 e. The van der Waals surface area contributed by atoms with E-state index in [-0.39, 0.29) is 12.7 Å². The standard InChI is InChI=1S/C22H20ClN5O3/c1-28-20(15-8-24-3-2-16(15)27-28)18-5-11-4-12(23)6-14(21(11)31-18)19-22-17(25-10-26-19)7-13(9-29)30-22/h4,6-7,10,18,24,29H,2-3,5,8-9H2,1H3/t18-/m1/s1. The number of hydrogen-bond donors (Lipinski definition) is 2. The second-order valence-electron chi connectivity index (χ2n) is 7.92. The van der Waals surface area contributed by atoms with E-state index in [0.29, 0.717) is 34.0 Å². The first-order valence-corrected chi connectivity index (χ1v) is 10.6. The minimum atomic E-state index is -0.207. The number of aliphatic hydroxyl groups is 1. The lowest BCUT2D eigenvalue weighted by molar-refractivity contribution is 0.226. The van der Waals surface area contributed by atoms with E-state index in [1.54, 1.807) is 6.07 Å². The summed E-state index contributed by atoms with van der Waals surface area (Å²) >= 11 is 6.48. The molecule has 31 heavy (non-hydrogen) atoms. The summed E-state index contributed by atoms with van der Waals surface area (Å²) in [6, 6.07) is 5.50. The zero-order valence-electron chi connectivity index (χ0n) is 16.9. The molecule has 0 bridgehead atoms. The first kappa shape index (κ1) is 18.8. The van der Waals surface area contributed by atoms with Crippen molar-refractivity contribution in [2.24, 2.45) is 7.05 Å². The van der Waals surface area contributed by atoms with Gasteiger partial charge in [0.2, 0.25) is 0 Å². The Morgan fingerprint density at radius 1 is 1.29 bits per heavy atom. The molecule has 8 nitrogen and oxygen atoms in total. The van der Waals surface area contributed by atoms with Gasteiger partial charge in [0.05, 0.1) is 11.4 Å². The molecule has 0 radical (unpaired) electrons. The van der Waals surface area contributed by atoms with Crippen molar-refractivity contribution in [3.05, 3.63) is 57.8 Å². The minimum absolute atomic E-state index is 0.157. The minimum Gasteiger partial charge on any atom is -0.483 e. The number of aromatic nitrogens is 4. The van der Waals surface area contributed by atoms with Crippen molar-refractivity contribution in [3.8, 4) is 17.0 Å². The number of rotatable bonds is 3. The molecule has 6 rings (SSSR count). The first-order valence-electron chi connectivity index (χ1n) is 10.2. The maximum atomic E-state index is 9.46. The molecule has 0 fully saturated rings. The van der Waals surface area contributed by atoms with E-state index in [9.17, 15) is 5.11 Å². The fourth-order valence-electron chi connectivity index (χ4n) is 4.68. The third kappa shape index (κ3) is 2.94. The quantitative estimate of drug-likeness (QED) is 0.508. The maximum Gasteiger partial charge on any atom is 0.179 e. The van der Waals surface area contributed by atoms with Crippen LogP contribution < -0.4 is 10.1 Å². The maximum absolute atomic E-state index is 9.46. The van der Waals surface area contributed by atoms with E-state index in [1.165, 1.54) is 11.9 Å². The number of benzene rings is 1. The van der Waals surface area contributed by atoms with Crippen molar-refractivity contribution < 1.29 is 14.3 Å². The van der Waals surface area contributed by atoms with Gasteiger partial charge < -0.3 is 19.6 Å². The third-order valence-corrected chi connectivity index (χ3v) is 6.21. The van der Waals surface area contributed by atoms with Gasteiger partial charge in [-0.05, 0) is 12.1 Å². The number of fused-ring (bicyclic) bond motifs is 3. The second kappa shape index (κ2) is 7.05. The van der Waals surface area contributed by atoms with Gasteiger partial charge in [-0.1, -0.05) is 11.6 Å². The number of halogens is 1. The molecule has 2 aliphatic rings. The van der Waals surface area contributed by atoms with Gasteiger partial charge in [-0.25, -0.2) is 9.97 Å². The summed E-state index contributed by atoms with van der Waals surface area (Å²) in [5, 5.41) is 18.2. The topological polar surface area (TPSA) is 98.2 Å². The fraction of sp³-hybridized carbons (Fsp3) is 0.318. The molecule has 0 saturated heterocycles. The molecule has 1 aromatic carbocycles. The summed E-state index contributed by atoms with van der Waals surface area (Å²) in [7, 11) is 1.97. The highest BCUT2D eigenvalue weighted by Crippen LogP contribution is 2.46. The molecule has 3 aromatic heterocycles. The molecule has 0 saturated carbocycles. The number of aryl methyl sites for hydroxylation is 1. The number of hydrogen-bond acceptors (Lipinski definition) is 7. The summed E-state index contributed by atoms with van der Waals surface area (Å²) in [5.41, 5.74) is 6.96. The Morgan fingerprint density at radius 3 is 3.06 bits per heavy atom. The Kier molecular flexibility index (Phi) is 4.27. The van der Waals surface area contributed by atoms with Gasteiger partial charge in [0.15, 0.2) is 5.58 Å². The lowest BCUT2D eigenvalue weighted by Crippen LogP contribution is -2.24. The SMILES string of the molecule is Cn1nc2c(c1[C@H]1Cc3cc(Cl)cc(-c4ncnc5cc(CO)oc45)c3O1)CNCC2. The zero-order chi connectivity index (χ0) is 21.1. The predicted molar refractivity (Wildman–Crippen MR) is 114 cm³/mol. The van der Waals surface area contributed by atoms with Crippen molar-refractivity contribution in [1.82, 2.24) is 25.1 Å². The molecular formula is C22H20ClN5O3. The number of nitrogens with zero attached hydrogens (tertiary/aromatic N) is 4. The Morgan fingerprint density at radius 2 is 2.19 bits per heavy atom. The van der Waals surface area contributed by atoms with Crippen LogP contribution in [0.25, 0.3) is 22.4 Å². The van der Waals surface area contributed by atoms with Crippen molar-refractivity contribution in [2.45, 2.75) is 32.1 Å². The highest BCUT2D eigenvalue weighted by Gasteiger charge is 2.34. The average molecular weight is 438 g/mol. The molecule has 158 valence electrons. The summed E-state index contributed by atoms with van der Waals surface area (Å²) in [4.78, 5) is 8.73. The van der Waals surface area contributed by atoms with Crippen LogP contribution in [0.15, 0.2) is 28.9 Å². The molecule has 4 aromatic rings. The summed E-state index contributed by atoms with van der Waals surface area (Å²) < 4.78 is 14.3. The number of furan rings is 1. The monoisotopic (exact) mass is 437 g/mol. The molecule has 2 aliphatic heterocycles. The highest BCUT2D eigenvalue weighted by molar-refractivity contribution is 6.31. The lowest BCUT2D eigenvalue weighted by Gasteiger charge is -2.17. The zero-order valence-corrected chi connectivity index (χ0v) is 17.6. The van der Waals surface area contributed by atoms with Crippen LogP contribution in [0.4, 0.5) is 0 Å². The summed E-state index contributed by atoms with van der Waals surface area (Å²) in [6.07, 6.45) is 2.94. The van der Waals surface area contributed by atoms with E-state index in [4.69, 9.17) is 25.9 Å². The molecule has 1 atom stereocenters. The summed E-state index contributed by atoms with van der Waals surface area (Å²) in [6.45, 7) is 1.53. The van der Waals surface area contributed by atoms with Crippen molar-refractivity contribution in [2.75, 3.05) is 6.54 Å². The first-order chi connectivity index (χ1) is 15.1. The van der Waals surface area contributed by atoms with Gasteiger partial charge in [0, 0.05) is 60.8 Å². The Hall–Kier alpha value is -2.94. The van der Waals surface area contributed by atoms with Gasteiger partial charge >= 0.3 is 0 Å². The molecule has 0 unspecified atom stereocenters. The van der Waals surface area contributed by atoms with Crippen LogP contribution in [0, 0.1) is 0 Å². The third-order valence-electron chi connectivity index (χ3n) is 5.99. The second-order valence-corrected chi connectivity index (χ2v) is 8.36. The predicted octanol–water partition coefficient (Wildman–Crippen LogP) is 3.09. The van der Waals surface area contributed by atoms with Crippen LogP contribution in [0.5, 0.6) is 5.75 Å². The normalized spacial score (nSPS) is 17.6.